The molecule has 3 aromatic rings. The van der Waals surface area contributed by atoms with E-state index >= 15 is 0 Å². The molecule has 168 valence electrons. The van der Waals surface area contributed by atoms with Crippen LogP contribution in [0.4, 0.5) is 10.9 Å². The summed E-state index contributed by atoms with van der Waals surface area (Å²) in [4.78, 5) is 18.1. The summed E-state index contributed by atoms with van der Waals surface area (Å²) in [5.74, 6) is 0.0830. The van der Waals surface area contributed by atoms with Crippen LogP contribution in [0.5, 0.6) is 0 Å². The molecule has 0 bridgehead atoms. The summed E-state index contributed by atoms with van der Waals surface area (Å²) < 4.78 is 6.85. The Balaban J connectivity index is 1.47. The lowest BCUT2D eigenvalue weighted by Gasteiger charge is -2.11. The summed E-state index contributed by atoms with van der Waals surface area (Å²) >= 11 is 7.09. The number of fused-ring (bicyclic) bond motifs is 1. The highest BCUT2D eigenvalue weighted by atomic mass is 32.1. The Hall–Kier alpha value is -2.78. The van der Waals surface area contributed by atoms with Crippen LogP contribution in [0.15, 0.2) is 30.6 Å². The van der Waals surface area contributed by atoms with E-state index in [-0.39, 0.29) is 5.97 Å². The SMILES string of the molecule is COC(=O)c1c(NC(=S)Nc2ncn(Cc3ccccc3C)n2)sc2c1CCCCCC2. The molecule has 32 heavy (non-hydrogen) atoms. The van der Waals surface area contributed by atoms with Gasteiger partial charge in [0.25, 0.3) is 0 Å². The van der Waals surface area contributed by atoms with E-state index in [1.165, 1.54) is 36.0 Å². The number of anilines is 2. The van der Waals surface area contributed by atoms with Gasteiger partial charge < -0.3 is 10.1 Å². The smallest absolute Gasteiger partial charge is 0.341 e. The average molecular weight is 470 g/mol. The molecule has 9 heteroatoms. The van der Waals surface area contributed by atoms with Crippen molar-refractivity contribution in [1.82, 2.24) is 14.8 Å². The lowest BCUT2D eigenvalue weighted by Crippen LogP contribution is -2.21. The van der Waals surface area contributed by atoms with Crippen LogP contribution in [0.1, 0.15) is 57.6 Å². The van der Waals surface area contributed by atoms with E-state index in [1.807, 2.05) is 12.1 Å². The van der Waals surface area contributed by atoms with Crippen molar-refractivity contribution in [3.63, 3.8) is 0 Å². The van der Waals surface area contributed by atoms with E-state index in [4.69, 9.17) is 17.0 Å². The number of rotatable bonds is 5. The van der Waals surface area contributed by atoms with Gasteiger partial charge in [0.2, 0.25) is 5.95 Å². The second-order valence-corrected chi connectivity index (χ2v) is 9.40. The molecule has 4 rings (SSSR count). The molecule has 0 spiro atoms. The van der Waals surface area contributed by atoms with E-state index in [2.05, 4.69) is 39.8 Å². The molecule has 0 radical (unpaired) electrons. The summed E-state index contributed by atoms with van der Waals surface area (Å²) in [5.41, 5.74) is 4.10. The minimum absolute atomic E-state index is 0.325. The van der Waals surface area contributed by atoms with Gasteiger partial charge in [-0.1, -0.05) is 37.1 Å². The van der Waals surface area contributed by atoms with Gasteiger partial charge >= 0.3 is 5.97 Å². The highest BCUT2D eigenvalue weighted by Gasteiger charge is 2.25. The fraction of sp³-hybridized carbons (Fsp3) is 0.391. The minimum atomic E-state index is -0.325. The topological polar surface area (TPSA) is 81.1 Å². The summed E-state index contributed by atoms with van der Waals surface area (Å²) in [7, 11) is 1.42. The number of hydrogen-bond donors (Lipinski definition) is 2. The largest absolute Gasteiger partial charge is 0.465 e. The zero-order valence-corrected chi connectivity index (χ0v) is 19.9. The number of aromatic nitrogens is 3. The third-order valence-electron chi connectivity index (χ3n) is 5.64. The van der Waals surface area contributed by atoms with Crippen molar-refractivity contribution < 1.29 is 9.53 Å². The molecule has 0 unspecified atom stereocenters. The molecule has 2 N–H and O–H groups in total. The van der Waals surface area contributed by atoms with E-state index < -0.39 is 0 Å². The van der Waals surface area contributed by atoms with Crippen molar-refractivity contribution in [3.05, 3.63) is 57.7 Å². The Morgan fingerprint density at radius 2 is 1.97 bits per heavy atom. The molecule has 0 atom stereocenters. The first-order valence-corrected chi connectivity index (χ1v) is 12.0. The normalized spacial score (nSPS) is 13.6. The van der Waals surface area contributed by atoms with Crippen molar-refractivity contribution in [2.24, 2.45) is 0 Å². The van der Waals surface area contributed by atoms with Crippen LogP contribution in [0.3, 0.4) is 0 Å². The first-order valence-electron chi connectivity index (χ1n) is 10.8. The molecule has 7 nitrogen and oxygen atoms in total. The van der Waals surface area contributed by atoms with Crippen LogP contribution in [-0.2, 0) is 24.1 Å². The third kappa shape index (κ3) is 5.16. The van der Waals surface area contributed by atoms with Crippen LogP contribution in [-0.4, -0.2) is 33.0 Å². The molecule has 0 aliphatic heterocycles. The van der Waals surface area contributed by atoms with Gasteiger partial charge in [0.1, 0.15) is 11.3 Å². The molecule has 1 aliphatic carbocycles. The van der Waals surface area contributed by atoms with Crippen molar-refractivity contribution in [1.29, 1.82) is 0 Å². The predicted molar refractivity (Wildman–Crippen MR) is 132 cm³/mol. The Labute approximate surface area is 197 Å². The van der Waals surface area contributed by atoms with Gasteiger partial charge in [-0.3, -0.25) is 5.32 Å². The van der Waals surface area contributed by atoms with Gasteiger partial charge in [0.15, 0.2) is 5.11 Å². The van der Waals surface area contributed by atoms with Gasteiger partial charge in [0, 0.05) is 4.88 Å². The number of nitrogens with one attached hydrogen (secondary N) is 2. The fourth-order valence-electron chi connectivity index (χ4n) is 3.95. The maximum Gasteiger partial charge on any atom is 0.341 e. The molecular weight excluding hydrogens is 442 g/mol. The number of aryl methyl sites for hydroxylation is 2. The quantitative estimate of drug-likeness (QED) is 0.404. The van der Waals surface area contributed by atoms with Crippen molar-refractivity contribution >= 4 is 45.6 Å². The number of thiocarbonyl (C=S) groups is 1. The molecule has 0 amide bonds. The Kier molecular flexibility index (Phi) is 7.16. The van der Waals surface area contributed by atoms with Gasteiger partial charge in [-0.05, 0) is 61.5 Å². The number of ether oxygens (including phenoxy) is 1. The van der Waals surface area contributed by atoms with E-state index in [9.17, 15) is 4.79 Å². The number of nitrogens with zero attached hydrogens (tertiary/aromatic N) is 3. The van der Waals surface area contributed by atoms with Crippen LogP contribution >= 0.6 is 23.6 Å². The highest BCUT2D eigenvalue weighted by Crippen LogP contribution is 2.37. The molecule has 0 saturated carbocycles. The van der Waals surface area contributed by atoms with Crippen LogP contribution in [0.2, 0.25) is 0 Å². The Morgan fingerprint density at radius 3 is 2.75 bits per heavy atom. The van der Waals surface area contributed by atoms with Gasteiger partial charge in [0.05, 0.1) is 19.2 Å². The van der Waals surface area contributed by atoms with E-state index in [0.29, 0.717) is 23.2 Å². The highest BCUT2D eigenvalue weighted by molar-refractivity contribution is 7.80. The molecule has 2 aromatic heterocycles. The summed E-state index contributed by atoms with van der Waals surface area (Å²) in [6.45, 7) is 2.71. The molecule has 1 aromatic carbocycles. The first-order chi connectivity index (χ1) is 15.5. The first kappa shape index (κ1) is 22.4. The number of esters is 1. The average Bonchev–Trinajstić information content (AvgIpc) is 3.33. The predicted octanol–water partition coefficient (Wildman–Crippen LogP) is 4.95. The summed E-state index contributed by atoms with van der Waals surface area (Å²) in [6, 6.07) is 8.19. The summed E-state index contributed by atoms with van der Waals surface area (Å²) in [5, 5.41) is 11.8. The number of carbonyl (C=O) groups is 1. The van der Waals surface area contributed by atoms with Crippen molar-refractivity contribution in [2.75, 3.05) is 17.7 Å². The minimum Gasteiger partial charge on any atom is -0.465 e. The third-order valence-corrected chi connectivity index (χ3v) is 7.05. The molecule has 0 fully saturated rings. The van der Waals surface area contributed by atoms with Crippen LogP contribution in [0, 0.1) is 6.92 Å². The fourth-order valence-corrected chi connectivity index (χ4v) is 5.49. The number of methoxy groups -OCH3 is 1. The Morgan fingerprint density at radius 1 is 1.19 bits per heavy atom. The maximum atomic E-state index is 12.6. The van der Waals surface area contributed by atoms with Gasteiger partial charge in [-0.25, -0.2) is 14.5 Å². The van der Waals surface area contributed by atoms with Crippen LogP contribution in [0.25, 0.3) is 0 Å². The molecule has 2 heterocycles. The zero-order chi connectivity index (χ0) is 22.5. The van der Waals surface area contributed by atoms with Crippen LogP contribution < -0.4 is 10.6 Å². The molecular formula is C23H27N5O2S2. The monoisotopic (exact) mass is 469 g/mol. The number of hydrogen-bond acceptors (Lipinski definition) is 6. The number of thiophene rings is 1. The lowest BCUT2D eigenvalue weighted by atomic mass is 9.96. The van der Waals surface area contributed by atoms with E-state index in [1.54, 1.807) is 22.3 Å². The lowest BCUT2D eigenvalue weighted by molar-refractivity contribution is 0.0601. The van der Waals surface area contributed by atoms with Gasteiger partial charge in [-0.2, -0.15) is 0 Å². The Bertz CT molecular complexity index is 1120. The number of carbonyl (C=O) groups excluding carboxylic acids is 1. The molecule has 1 aliphatic rings. The molecule has 0 saturated heterocycles. The second-order valence-electron chi connectivity index (χ2n) is 7.89. The second kappa shape index (κ2) is 10.2. The summed E-state index contributed by atoms with van der Waals surface area (Å²) in [6.07, 6.45) is 8.18. The van der Waals surface area contributed by atoms with Gasteiger partial charge in [-0.15, -0.1) is 16.4 Å². The maximum absolute atomic E-state index is 12.6. The standard InChI is InChI=1S/C23H27N5O2S2/c1-15-9-7-8-10-16(15)13-28-14-24-22(27-28)26-23(31)25-20-19(21(29)30-2)17-11-5-3-4-6-12-18(17)32-20/h7-10,14H,3-6,11-13H2,1-2H3,(H2,25,26,27,31). The van der Waals surface area contributed by atoms with E-state index in [0.717, 1.165) is 36.2 Å². The van der Waals surface area contributed by atoms with Crippen molar-refractivity contribution in [2.45, 2.75) is 52.0 Å². The van der Waals surface area contributed by atoms with Crippen molar-refractivity contribution in [3.8, 4) is 0 Å². The zero-order valence-electron chi connectivity index (χ0n) is 18.3. The number of benzene rings is 1.